The number of hydrogen-bond donors (Lipinski definition) is 2. The second-order valence-electron chi connectivity index (χ2n) is 4.46. The van der Waals surface area contributed by atoms with E-state index < -0.39 is 0 Å². The third-order valence-electron chi connectivity index (χ3n) is 2.60. The molecule has 0 saturated carbocycles. The molecule has 1 rings (SSSR count). The van der Waals surface area contributed by atoms with E-state index >= 15 is 0 Å². The Bertz CT molecular complexity index is 431. The van der Waals surface area contributed by atoms with Crippen molar-refractivity contribution < 1.29 is 4.74 Å². The van der Waals surface area contributed by atoms with Crippen LogP contribution in [0.3, 0.4) is 0 Å². The van der Waals surface area contributed by atoms with Crippen molar-refractivity contribution in [3.8, 4) is 0 Å². The number of methoxy groups -OCH3 is 1. The Balaban J connectivity index is 2.31. The average molecular weight is 294 g/mol. The van der Waals surface area contributed by atoms with E-state index in [2.05, 4.69) is 20.7 Å². The van der Waals surface area contributed by atoms with Gasteiger partial charge in [0, 0.05) is 40.0 Å². The van der Waals surface area contributed by atoms with Gasteiger partial charge in [-0.3, -0.25) is 5.43 Å². The first-order chi connectivity index (χ1) is 9.63. The minimum Gasteiger partial charge on any atom is -0.385 e. The monoisotopic (exact) mass is 294 g/mol. The highest BCUT2D eigenvalue weighted by Gasteiger charge is 1.95. The maximum atomic E-state index is 5.09. The molecule has 0 saturated heterocycles. The Kier molecular flexibility index (Phi) is 7.60. The molecule has 0 bridgehead atoms. The summed E-state index contributed by atoms with van der Waals surface area (Å²) in [5.41, 5.74) is 4.96. The number of hydrazone groups is 1. The number of rotatable bonds is 7. The van der Waals surface area contributed by atoms with E-state index in [0.717, 1.165) is 30.8 Å². The van der Waals surface area contributed by atoms with Crippen LogP contribution >= 0.6 is 12.2 Å². The van der Waals surface area contributed by atoms with Crippen LogP contribution in [-0.4, -0.2) is 45.7 Å². The number of anilines is 1. The van der Waals surface area contributed by atoms with Gasteiger partial charge >= 0.3 is 0 Å². The summed E-state index contributed by atoms with van der Waals surface area (Å²) in [5, 5.41) is 7.66. The summed E-state index contributed by atoms with van der Waals surface area (Å²) < 4.78 is 4.95. The van der Waals surface area contributed by atoms with Crippen molar-refractivity contribution in [1.29, 1.82) is 0 Å². The molecule has 0 amide bonds. The first-order valence-electron chi connectivity index (χ1n) is 6.46. The lowest BCUT2D eigenvalue weighted by molar-refractivity contribution is 0.195. The van der Waals surface area contributed by atoms with Gasteiger partial charge in [-0.25, -0.2) is 0 Å². The smallest absolute Gasteiger partial charge is 0.186 e. The van der Waals surface area contributed by atoms with Crippen LogP contribution in [0, 0.1) is 0 Å². The maximum absolute atomic E-state index is 5.09. The molecule has 0 radical (unpaired) electrons. The van der Waals surface area contributed by atoms with E-state index in [1.807, 2.05) is 38.4 Å². The summed E-state index contributed by atoms with van der Waals surface area (Å²) in [6, 6.07) is 8.11. The molecule has 0 heterocycles. The molecule has 1 aromatic carbocycles. The molecule has 2 N–H and O–H groups in total. The van der Waals surface area contributed by atoms with Crippen molar-refractivity contribution in [2.24, 2.45) is 5.10 Å². The predicted molar refractivity (Wildman–Crippen MR) is 88.6 cm³/mol. The van der Waals surface area contributed by atoms with Gasteiger partial charge in [0.05, 0.1) is 6.21 Å². The highest BCUT2D eigenvalue weighted by Crippen LogP contribution is 2.10. The lowest BCUT2D eigenvalue weighted by atomic mass is 10.2. The molecular formula is C14H22N4OS. The van der Waals surface area contributed by atoms with Gasteiger partial charge in [0.2, 0.25) is 0 Å². The molecule has 110 valence electrons. The summed E-state index contributed by atoms with van der Waals surface area (Å²) in [4.78, 5) is 2.05. The fourth-order valence-electron chi connectivity index (χ4n) is 1.48. The van der Waals surface area contributed by atoms with Crippen LogP contribution in [0.15, 0.2) is 29.4 Å². The van der Waals surface area contributed by atoms with Crippen LogP contribution in [0.5, 0.6) is 0 Å². The van der Waals surface area contributed by atoms with Gasteiger partial charge in [0.25, 0.3) is 0 Å². The molecule has 0 spiro atoms. The van der Waals surface area contributed by atoms with Crippen LogP contribution in [0.4, 0.5) is 5.69 Å². The fourth-order valence-corrected chi connectivity index (χ4v) is 1.64. The van der Waals surface area contributed by atoms with E-state index in [0.29, 0.717) is 5.11 Å². The van der Waals surface area contributed by atoms with E-state index in [9.17, 15) is 0 Å². The van der Waals surface area contributed by atoms with Crippen LogP contribution in [0.1, 0.15) is 12.0 Å². The largest absolute Gasteiger partial charge is 0.385 e. The van der Waals surface area contributed by atoms with Gasteiger partial charge in [-0.2, -0.15) is 5.10 Å². The summed E-state index contributed by atoms with van der Waals surface area (Å²) >= 11 is 5.09. The van der Waals surface area contributed by atoms with E-state index in [1.165, 1.54) is 0 Å². The highest BCUT2D eigenvalue weighted by molar-refractivity contribution is 7.80. The standard InChI is InChI=1S/C14H22N4OS/c1-18(2)13-7-5-12(6-8-13)11-16-17-14(20)15-9-4-10-19-3/h5-8,11H,4,9-10H2,1-3H3,(H2,15,17,20)/b16-11-. The fraction of sp³-hybridized carbons (Fsp3) is 0.429. The molecule has 0 unspecified atom stereocenters. The van der Waals surface area contributed by atoms with E-state index in [4.69, 9.17) is 17.0 Å². The molecule has 0 fully saturated rings. The highest BCUT2D eigenvalue weighted by atomic mass is 32.1. The normalized spacial score (nSPS) is 10.6. The number of hydrogen-bond acceptors (Lipinski definition) is 4. The number of ether oxygens (including phenoxy) is 1. The number of nitrogens with zero attached hydrogens (tertiary/aromatic N) is 2. The van der Waals surface area contributed by atoms with Crippen LogP contribution in [-0.2, 0) is 4.74 Å². The Morgan fingerprint density at radius 2 is 2.05 bits per heavy atom. The van der Waals surface area contributed by atoms with Crippen LogP contribution < -0.4 is 15.6 Å². The topological polar surface area (TPSA) is 48.9 Å². The first-order valence-corrected chi connectivity index (χ1v) is 6.87. The Labute approximate surface area is 126 Å². The minimum atomic E-state index is 0.516. The Morgan fingerprint density at radius 1 is 1.35 bits per heavy atom. The second-order valence-corrected chi connectivity index (χ2v) is 4.87. The third-order valence-corrected chi connectivity index (χ3v) is 2.84. The molecule has 1 aromatic rings. The lowest BCUT2D eigenvalue weighted by Gasteiger charge is -2.11. The maximum Gasteiger partial charge on any atom is 0.186 e. The third kappa shape index (κ3) is 6.49. The van der Waals surface area contributed by atoms with Gasteiger partial charge in [-0.1, -0.05) is 12.1 Å². The first kappa shape index (κ1) is 16.4. The van der Waals surface area contributed by atoms with Crippen molar-refractivity contribution in [2.45, 2.75) is 6.42 Å². The molecular weight excluding hydrogens is 272 g/mol. The SMILES string of the molecule is COCCCNC(=S)N/N=C\c1ccc(N(C)C)cc1. The van der Waals surface area contributed by atoms with Crippen molar-refractivity contribution in [1.82, 2.24) is 10.7 Å². The molecule has 0 atom stereocenters. The zero-order chi connectivity index (χ0) is 14.8. The Hall–Kier alpha value is -1.66. The quantitative estimate of drug-likeness (QED) is 0.346. The molecule has 0 aliphatic carbocycles. The van der Waals surface area contributed by atoms with Crippen molar-refractivity contribution in [3.05, 3.63) is 29.8 Å². The van der Waals surface area contributed by atoms with Gasteiger partial charge in [-0.05, 0) is 36.3 Å². The average Bonchev–Trinajstić information content (AvgIpc) is 2.44. The van der Waals surface area contributed by atoms with Crippen molar-refractivity contribution in [3.63, 3.8) is 0 Å². The lowest BCUT2D eigenvalue weighted by Crippen LogP contribution is -2.33. The zero-order valence-corrected chi connectivity index (χ0v) is 13.0. The predicted octanol–water partition coefficient (Wildman–Crippen LogP) is 1.59. The summed E-state index contributed by atoms with van der Waals surface area (Å²) in [6.07, 6.45) is 2.65. The van der Waals surface area contributed by atoms with E-state index in [1.54, 1.807) is 13.3 Å². The number of nitrogens with one attached hydrogen (secondary N) is 2. The second kappa shape index (κ2) is 9.28. The summed E-state index contributed by atoms with van der Waals surface area (Å²) in [5.74, 6) is 0. The van der Waals surface area contributed by atoms with Gasteiger partial charge in [0.15, 0.2) is 5.11 Å². The molecule has 5 nitrogen and oxygen atoms in total. The van der Waals surface area contributed by atoms with Gasteiger partial charge in [-0.15, -0.1) is 0 Å². The van der Waals surface area contributed by atoms with Crippen molar-refractivity contribution in [2.75, 3.05) is 39.3 Å². The molecule has 0 aliphatic heterocycles. The van der Waals surface area contributed by atoms with Crippen molar-refractivity contribution >= 4 is 29.2 Å². The summed E-state index contributed by atoms with van der Waals surface area (Å²) in [7, 11) is 5.71. The van der Waals surface area contributed by atoms with Crippen LogP contribution in [0.25, 0.3) is 0 Å². The van der Waals surface area contributed by atoms with E-state index in [-0.39, 0.29) is 0 Å². The van der Waals surface area contributed by atoms with Crippen LogP contribution in [0.2, 0.25) is 0 Å². The molecule has 0 aliphatic rings. The van der Waals surface area contributed by atoms with Gasteiger partial charge in [0.1, 0.15) is 0 Å². The zero-order valence-electron chi connectivity index (χ0n) is 12.2. The molecule has 6 heteroatoms. The Morgan fingerprint density at radius 3 is 2.65 bits per heavy atom. The minimum absolute atomic E-state index is 0.516. The molecule has 20 heavy (non-hydrogen) atoms. The van der Waals surface area contributed by atoms with Gasteiger partial charge < -0.3 is 15.0 Å². The molecule has 0 aromatic heterocycles. The summed E-state index contributed by atoms with van der Waals surface area (Å²) in [6.45, 7) is 1.49. The number of thiocarbonyl (C=S) groups is 1. The number of benzene rings is 1.